The van der Waals surface area contributed by atoms with Crippen LogP contribution in [0.5, 0.6) is 0 Å². The third kappa shape index (κ3) is 3.63. The molecule has 1 N–H and O–H groups in total. The smallest absolute Gasteiger partial charge is 0.317 e. The number of benzene rings is 1. The summed E-state index contributed by atoms with van der Waals surface area (Å²) < 4.78 is 13.3. The minimum Gasteiger partial charge on any atom is -0.333 e. The van der Waals surface area contributed by atoms with Crippen LogP contribution in [0, 0.1) is 11.7 Å². The van der Waals surface area contributed by atoms with Crippen molar-refractivity contribution in [2.75, 3.05) is 24.5 Å². The van der Waals surface area contributed by atoms with Gasteiger partial charge in [-0.3, -0.25) is 4.79 Å². The van der Waals surface area contributed by atoms with Gasteiger partial charge in [-0.05, 0) is 37.0 Å². The predicted molar refractivity (Wildman–Crippen MR) is 85.7 cm³/mol. The summed E-state index contributed by atoms with van der Waals surface area (Å²) in [5.74, 6) is 0.203. The fourth-order valence-electron chi connectivity index (χ4n) is 3.18. The van der Waals surface area contributed by atoms with Crippen molar-refractivity contribution in [1.82, 2.24) is 10.2 Å². The monoisotopic (exact) mass is 319 g/mol. The minimum atomic E-state index is -0.370. The van der Waals surface area contributed by atoms with E-state index in [1.54, 1.807) is 12.1 Å². The van der Waals surface area contributed by atoms with Crippen LogP contribution < -0.4 is 10.2 Å². The number of amides is 3. The maximum absolute atomic E-state index is 13.3. The summed E-state index contributed by atoms with van der Waals surface area (Å²) in [5.41, 5.74) is 0.540. The van der Waals surface area contributed by atoms with Gasteiger partial charge in [0.1, 0.15) is 5.82 Å². The summed E-state index contributed by atoms with van der Waals surface area (Å²) in [5, 5.41) is 2.94. The first-order valence-corrected chi connectivity index (χ1v) is 8.14. The molecule has 5 nitrogen and oxygen atoms in total. The first kappa shape index (κ1) is 15.8. The number of nitrogens with one attached hydrogen (secondary N) is 1. The summed E-state index contributed by atoms with van der Waals surface area (Å²) in [6.45, 7) is 4.11. The standard InChI is InChI=1S/C17H22FN3O2/c1-12-5-7-20(8-6-12)17(23)19-14-10-16(22)21(11-14)15-4-2-3-13(18)9-15/h2-4,9,12,14H,5-8,10-11H2,1H3,(H,19,23). The van der Waals surface area contributed by atoms with Crippen molar-refractivity contribution in [3.63, 3.8) is 0 Å². The molecule has 0 aliphatic carbocycles. The Morgan fingerprint density at radius 2 is 2.04 bits per heavy atom. The molecule has 2 saturated heterocycles. The molecule has 2 fully saturated rings. The number of carbonyl (C=O) groups is 2. The SMILES string of the molecule is CC1CCN(C(=O)NC2CC(=O)N(c3cccc(F)c3)C2)CC1. The molecule has 0 spiro atoms. The van der Waals surface area contributed by atoms with Crippen LogP contribution in [0.4, 0.5) is 14.9 Å². The number of anilines is 1. The van der Waals surface area contributed by atoms with Crippen molar-refractivity contribution in [2.24, 2.45) is 5.92 Å². The number of rotatable bonds is 2. The van der Waals surface area contributed by atoms with Crippen LogP contribution in [-0.4, -0.2) is 42.5 Å². The molecule has 1 atom stereocenters. The van der Waals surface area contributed by atoms with Gasteiger partial charge in [-0.15, -0.1) is 0 Å². The van der Waals surface area contributed by atoms with Gasteiger partial charge in [-0.1, -0.05) is 13.0 Å². The van der Waals surface area contributed by atoms with Gasteiger partial charge in [0.2, 0.25) is 5.91 Å². The maximum Gasteiger partial charge on any atom is 0.317 e. The number of hydrogen-bond donors (Lipinski definition) is 1. The van der Waals surface area contributed by atoms with E-state index in [2.05, 4.69) is 12.2 Å². The summed E-state index contributed by atoms with van der Waals surface area (Å²) in [7, 11) is 0. The Morgan fingerprint density at radius 3 is 2.74 bits per heavy atom. The Kier molecular flexibility index (Phi) is 4.50. The van der Waals surface area contributed by atoms with Crippen LogP contribution >= 0.6 is 0 Å². The molecule has 0 aromatic heterocycles. The van der Waals surface area contributed by atoms with E-state index in [0.717, 1.165) is 25.9 Å². The molecule has 0 radical (unpaired) electrons. The molecule has 2 aliphatic heterocycles. The topological polar surface area (TPSA) is 52.7 Å². The predicted octanol–water partition coefficient (Wildman–Crippen LogP) is 2.37. The number of hydrogen-bond acceptors (Lipinski definition) is 2. The number of likely N-dealkylation sites (tertiary alicyclic amines) is 1. The van der Waals surface area contributed by atoms with Crippen LogP contribution in [0.3, 0.4) is 0 Å². The highest BCUT2D eigenvalue weighted by Gasteiger charge is 2.33. The van der Waals surface area contributed by atoms with Crippen LogP contribution in [0.15, 0.2) is 24.3 Å². The lowest BCUT2D eigenvalue weighted by atomic mass is 10.00. The zero-order valence-corrected chi connectivity index (χ0v) is 13.3. The van der Waals surface area contributed by atoms with Gasteiger partial charge in [0.25, 0.3) is 0 Å². The van der Waals surface area contributed by atoms with E-state index in [1.165, 1.54) is 17.0 Å². The second-order valence-electron chi connectivity index (χ2n) is 6.50. The molecule has 1 aromatic rings. The Morgan fingerprint density at radius 1 is 1.30 bits per heavy atom. The molecule has 2 aliphatic rings. The van der Waals surface area contributed by atoms with E-state index in [-0.39, 0.29) is 30.2 Å². The molecule has 1 unspecified atom stereocenters. The third-order valence-electron chi connectivity index (χ3n) is 4.64. The summed E-state index contributed by atoms with van der Waals surface area (Å²) in [6.07, 6.45) is 2.30. The Balaban J connectivity index is 1.58. The lowest BCUT2D eigenvalue weighted by Crippen LogP contribution is -2.48. The highest BCUT2D eigenvalue weighted by molar-refractivity contribution is 5.96. The van der Waals surface area contributed by atoms with Gasteiger partial charge in [0, 0.05) is 31.7 Å². The van der Waals surface area contributed by atoms with Crippen LogP contribution in [0.1, 0.15) is 26.2 Å². The Labute approximate surface area is 135 Å². The average molecular weight is 319 g/mol. The van der Waals surface area contributed by atoms with E-state index >= 15 is 0 Å². The molecule has 124 valence electrons. The molecule has 3 rings (SSSR count). The fourth-order valence-corrected chi connectivity index (χ4v) is 3.18. The van der Waals surface area contributed by atoms with Gasteiger partial charge in [-0.25, -0.2) is 9.18 Å². The van der Waals surface area contributed by atoms with E-state index < -0.39 is 0 Å². The largest absolute Gasteiger partial charge is 0.333 e. The molecule has 1 aromatic carbocycles. The summed E-state index contributed by atoms with van der Waals surface area (Å²) in [6, 6.07) is 5.65. The molecule has 6 heteroatoms. The highest BCUT2D eigenvalue weighted by Crippen LogP contribution is 2.23. The van der Waals surface area contributed by atoms with Gasteiger partial charge in [-0.2, -0.15) is 0 Å². The molecular weight excluding hydrogens is 297 g/mol. The van der Waals surface area contributed by atoms with E-state index in [4.69, 9.17) is 0 Å². The molecular formula is C17H22FN3O2. The lowest BCUT2D eigenvalue weighted by molar-refractivity contribution is -0.117. The highest BCUT2D eigenvalue weighted by atomic mass is 19.1. The summed E-state index contributed by atoms with van der Waals surface area (Å²) in [4.78, 5) is 27.8. The molecule has 23 heavy (non-hydrogen) atoms. The van der Waals surface area contributed by atoms with Crippen molar-refractivity contribution >= 4 is 17.6 Å². The van der Waals surface area contributed by atoms with Gasteiger partial charge in [0.05, 0.1) is 6.04 Å². The maximum atomic E-state index is 13.3. The van der Waals surface area contributed by atoms with Crippen LogP contribution in [0.2, 0.25) is 0 Å². The fraction of sp³-hybridized carbons (Fsp3) is 0.529. The van der Waals surface area contributed by atoms with E-state index in [1.807, 2.05) is 4.90 Å². The number of urea groups is 1. The molecule has 0 saturated carbocycles. The second kappa shape index (κ2) is 6.56. The van der Waals surface area contributed by atoms with Gasteiger partial charge >= 0.3 is 6.03 Å². The lowest BCUT2D eigenvalue weighted by Gasteiger charge is -2.31. The quantitative estimate of drug-likeness (QED) is 0.910. The number of nitrogens with zero attached hydrogens (tertiary/aromatic N) is 2. The van der Waals surface area contributed by atoms with Crippen molar-refractivity contribution in [3.8, 4) is 0 Å². The van der Waals surface area contributed by atoms with Gasteiger partial charge in [0.15, 0.2) is 0 Å². The van der Waals surface area contributed by atoms with E-state index in [0.29, 0.717) is 18.2 Å². The normalized spacial score (nSPS) is 22.5. The van der Waals surface area contributed by atoms with Crippen molar-refractivity contribution in [3.05, 3.63) is 30.1 Å². The number of carbonyl (C=O) groups excluding carboxylic acids is 2. The Hall–Kier alpha value is -2.11. The van der Waals surface area contributed by atoms with Crippen LogP contribution in [-0.2, 0) is 4.79 Å². The molecule has 3 amide bonds. The van der Waals surface area contributed by atoms with Crippen molar-refractivity contribution < 1.29 is 14.0 Å². The van der Waals surface area contributed by atoms with Crippen molar-refractivity contribution in [1.29, 1.82) is 0 Å². The average Bonchev–Trinajstić information content (AvgIpc) is 2.88. The minimum absolute atomic E-state index is 0.0897. The Bertz CT molecular complexity index is 599. The first-order chi connectivity index (χ1) is 11.0. The first-order valence-electron chi connectivity index (χ1n) is 8.14. The molecule has 0 bridgehead atoms. The number of piperidine rings is 1. The zero-order chi connectivity index (χ0) is 16.4. The second-order valence-corrected chi connectivity index (χ2v) is 6.50. The van der Waals surface area contributed by atoms with Crippen molar-refractivity contribution in [2.45, 2.75) is 32.2 Å². The number of halogens is 1. The zero-order valence-electron chi connectivity index (χ0n) is 13.3. The van der Waals surface area contributed by atoms with Gasteiger partial charge < -0.3 is 15.1 Å². The third-order valence-corrected chi connectivity index (χ3v) is 4.64. The molecule has 2 heterocycles. The van der Waals surface area contributed by atoms with Crippen LogP contribution in [0.25, 0.3) is 0 Å². The van der Waals surface area contributed by atoms with E-state index in [9.17, 15) is 14.0 Å². The summed E-state index contributed by atoms with van der Waals surface area (Å²) >= 11 is 0.